The van der Waals surface area contributed by atoms with Crippen molar-refractivity contribution in [3.8, 4) is 12.3 Å². The molecule has 0 radical (unpaired) electrons. The number of rotatable bonds is 4. The highest BCUT2D eigenvalue weighted by atomic mass is 32.1. The average Bonchev–Trinajstić information content (AvgIpc) is 2.99. The van der Waals surface area contributed by atoms with Crippen LogP contribution in [0.2, 0.25) is 0 Å². The topological polar surface area (TPSA) is 94.6 Å². The van der Waals surface area contributed by atoms with Gasteiger partial charge >= 0.3 is 6.03 Å². The summed E-state index contributed by atoms with van der Waals surface area (Å²) in [6, 6.07) is -1.97. The number of nitrogens with zero attached hydrogens (tertiary/aromatic N) is 2. The molecular formula is C14H16F2N4O3S. The van der Waals surface area contributed by atoms with Crippen molar-refractivity contribution >= 4 is 29.1 Å². The second-order valence-electron chi connectivity index (χ2n) is 5.20. The Balaban J connectivity index is 1.90. The largest absolute Gasteiger partial charge is 0.394 e. The highest BCUT2D eigenvalue weighted by Crippen LogP contribution is 2.27. The fourth-order valence-electron chi connectivity index (χ4n) is 2.17. The lowest BCUT2D eigenvalue weighted by atomic mass is 10.1. The molecule has 0 aliphatic carbocycles. The van der Waals surface area contributed by atoms with E-state index in [2.05, 4.69) is 21.5 Å². The number of hydrogen-bond donors (Lipinski definition) is 3. The number of halogens is 2. The van der Waals surface area contributed by atoms with Crippen LogP contribution >= 0.6 is 11.3 Å². The molecular weight excluding hydrogens is 342 g/mol. The Bertz CT molecular complexity index is 649. The number of urea groups is 1. The molecule has 3 amide bonds. The van der Waals surface area contributed by atoms with E-state index in [-0.39, 0.29) is 18.9 Å². The fourth-order valence-corrected chi connectivity index (χ4v) is 2.72. The SMILES string of the molecule is C#Cc1nc(NC(=O)NC(CO)C(=O)N2CCC(F)(F)CC2)cs1. The van der Waals surface area contributed by atoms with Gasteiger partial charge in [-0.1, -0.05) is 0 Å². The van der Waals surface area contributed by atoms with Crippen LogP contribution in [0.15, 0.2) is 5.38 Å². The molecule has 3 N–H and O–H groups in total. The molecule has 0 aromatic carbocycles. The Morgan fingerprint density at radius 1 is 1.50 bits per heavy atom. The molecule has 1 aromatic rings. The van der Waals surface area contributed by atoms with E-state index in [1.807, 2.05) is 0 Å². The van der Waals surface area contributed by atoms with Gasteiger partial charge in [0.25, 0.3) is 5.92 Å². The number of hydrogen-bond acceptors (Lipinski definition) is 5. The number of thiazole rings is 1. The van der Waals surface area contributed by atoms with Gasteiger partial charge < -0.3 is 15.3 Å². The maximum absolute atomic E-state index is 13.1. The number of carbonyl (C=O) groups is 2. The van der Waals surface area contributed by atoms with E-state index < -0.39 is 43.4 Å². The van der Waals surface area contributed by atoms with E-state index in [0.717, 1.165) is 11.3 Å². The summed E-state index contributed by atoms with van der Waals surface area (Å²) in [5, 5.41) is 15.9. The van der Waals surface area contributed by atoms with Crippen molar-refractivity contribution in [1.82, 2.24) is 15.2 Å². The maximum atomic E-state index is 13.1. The summed E-state index contributed by atoms with van der Waals surface area (Å²) in [5.41, 5.74) is 0. The standard InChI is InChI=1S/C14H16F2N4O3S/c1-2-11-18-10(8-24-11)19-13(23)17-9(7-21)12(22)20-5-3-14(15,16)4-6-20/h1,8-9,21H,3-7H2,(H2,17,19,23). The Morgan fingerprint density at radius 2 is 2.17 bits per heavy atom. The molecule has 1 saturated heterocycles. The maximum Gasteiger partial charge on any atom is 0.321 e. The Hall–Kier alpha value is -2.25. The first-order valence-corrected chi connectivity index (χ1v) is 8.00. The summed E-state index contributed by atoms with van der Waals surface area (Å²) in [4.78, 5) is 29.2. The smallest absolute Gasteiger partial charge is 0.321 e. The number of aromatic nitrogens is 1. The number of carbonyl (C=O) groups excluding carboxylic acids is 2. The molecule has 1 fully saturated rings. The Morgan fingerprint density at radius 3 is 2.71 bits per heavy atom. The third kappa shape index (κ3) is 4.62. The van der Waals surface area contributed by atoms with E-state index >= 15 is 0 Å². The quantitative estimate of drug-likeness (QED) is 0.696. The summed E-state index contributed by atoms with van der Waals surface area (Å²) < 4.78 is 26.2. The molecule has 1 unspecified atom stereocenters. The minimum absolute atomic E-state index is 0.122. The highest BCUT2D eigenvalue weighted by Gasteiger charge is 2.37. The molecule has 1 atom stereocenters. The van der Waals surface area contributed by atoms with Gasteiger partial charge in [-0.2, -0.15) is 0 Å². The number of anilines is 1. The Kier molecular flexibility index (Phi) is 5.69. The molecule has 1 aliphatic rings. The Labute approximate surface area is 141 Å². The fraction of sp³-hybridized carbons (Fsp3) is 0.500. The summed E-state index contributed by atoms with van der Waals surface area (Å²) in [6.07, 6.45) is 4.30. The second kappa shape index (κ2) is 7.55. The van der Waals surface area contributed by atoms with Crippen LogP contribution in [0.3, 0.4) is 0 Å². The molecule has 1 aromatic heterocycles. The van der Waals surface area contributed by atoms with Crippen molar-refractivity contribution in [2.24, 2.45) is 0 Å². The zero-order valence-electron chi connectivity index (χ0n) is 12.6. The van der Waals surface area contributed by atoms with Gasteiger partial charge in [-0.15, -0.1) is 17.8 Å². The first-order chi connectivity index (χ1) is 11.3. The monoisotopic (exact) mass is 358 g/mol. The summed E-state index contributed by atoms with van der Waals surface area (Å²) in [6.45, 7) is -0.891. The molecule has 7 nitrogen and oxygen atoms in total. The van der Waals surface area contributed by atoms with Crippen molar-refractivity contribution in [2.45, 2.75) is 24.8 Å². The molecule has 0 saturated carbocycles. The number of aliphatic hydroxyl groups excluding tert-OH is 1. The van der Waals surface area contributed by atoms with Gasteiger partial charge in [0, 0.05) is 31.3 Å². The van der Waals surface area contributed by atoms with E-state index in [1.165, 1.54) is 10.3 Å². The molecule has 2 heterocycles. The summed E-state index contributed by atoms with van der Waals surface area (Å²) in [5.74, 6) is -0.859. The predicted molar refractivity (Wildman–Crippen MR) is 83.8 cm³/mol. The van der Waals surface area contributed by atoms with E-state index in [1.54, 1.807) is 0 Å². The van der Waals surface area contributed by atoms with Gasteiger partial charge in [0.1, 0.15) is 11.9 Å². The normalized spacial score (nSPS) is 17.7. The van der Waals surface area contributed by atoms with E-state index in [9.17, 15) is 23.5 Å². The lowest BCUT2D eigenvalue weighted by Crippen LogP contribution is -2.54. The van der Waals surface area contributed by atoms with E-state index in [4.69, 9.17) is 6.42 Å². The molecule has 2 rings (SSSR count). The van der Waals surface area contributed by atoms with Gasteiger partial charge in [0.15, 0.2) is 5.01 Å². The number of piperidine rings is 1. The number of nitrogens with one attached hydrogen (secondary N) is 2. The summed E-state index contributed by atoms with van der Waals surface area (Å²) in [7, 11) is 0. The van der Waals surface area contributed by atoms with Gasteiger partial charge in [0.2, 0.25) is 5.91 Å². The third-order valence-electron chi connectivity index (χ3n) is 3.46. The van der Waals surface area contributed by atoms with Gasteiger partial charge in [-0.05, 0) is 5.92 Å². The van der Waals surface area contributed by atoms with Crippen molar-refractivity contribution in [3.05, 3.63) is 10.4 Å². The number of amides is 3. The van der Waals surface area contributed by atoms with Crippen LogP contribution in [-0.4, -0.2) is 58.6 Å². The van der Waals surface area contributed by atoms with Crippen LogP contribution in [0.4, 0.5) is 19.4 Å². The number of likely N-dealkylation sites (tertiary alicyclic amines) is 1. The minimum atomic E-state index is -2.78. The van der Waals surface area contributed by atoms with Crippen LogP contribution in [0.25, 0.3) is 0 Å². The predicted octanol–water partition coefficient (Wildman–Crippen LogP) is 0.864. The van der Waals surface area contributed by atoms with Crippen LogP contribution in [0.5, 0.6) is 0 Å². The number of terminal acetylenes is 1. The number of alkyl halides is 2. The number of aliphatic hydroxyl groups is 1. The van der Waals surface area contributed by atoms with Crippen molar-refractivity contribution in [1.29, 1.82) is 0 Å². The van der Waals surface area contributed by atoms with Gasteiger partial charge in [0.05, 0.1) is 6.61 Å². The van der Waals surface area contributed by atoms with Crippen LogP contribution in [-0.2, 0) is 4.79 Å². The van der Waals surface area contributed by atoms with Crippen LogP contribution < -0.4 is 10.6 Å². The molecule has 1 aliphatic heterocycles. The summed E-state index contributed by atoms with van der Waals surface area (Å²) >= 11 is 1.16. The van der Waals surface area contributed by atoms with Gasteiger partial charge in [-0.3, -0.25) is 10.1 Å². The highest BCUT2D eigenvalue weighted by molar-refractivity contribution is 7.10. The molecule has 10 heteroatoms. The second-order valence-corrected chi connectivity index (χ2v) is 6.06. The molecule has 0 bridgehead atoms. The molecule has 130 valence electrons. The zero-order valence-corrected chi connectivity index (χ0v) is 13.4. The van der Waals surface area contributed by atoms with E-state index in [0.29, 0.717) is 5.01 Å². The third-order valence-corrected chi connectivity index (χ3v) is 4.24. The average molecular weight is 358 g/mol. The zero-order chi connectivity index (χ0) is 17.7. The van der Waals surface area contributed by atoms with Crippen molar-refractivity contribution in [2.75, 3.05) is 25.0 Å². The van der Waals surface area contributed by atoms with Crippen LogP contribution in [0.1, 0.15) is 17.8 Å². The molecule has 24 heavy (non-hydrogen) atoms. The van der Waals surface area contributed by atoms with Gasteiger partial charge in [-0.25, -0.2) is 18.6 Å². The lowest BCUT2D eigenvalue weighted by Gasteiger charge is -2.33. The van der Waals surface area contributed by atoms with Crippen molar-refractivity contribution < 1.29 is 23.5 Å². The first-order valence-electron chi connectivity index (χ1n) is 7.12. The van der Waals surface area contributed by atoms with Crippen molar-refractivity contribution in [3.63, 3.8) is 0 Å². The lowest BCUT2D eigenvalue weighted by molar-refractivity contribution is -0.140. The molecule has 0 spiro atoms. The minimum Gasteiger partial charge on any atom is -0.394 e. The first kappa shape index (κ1) is 18.1. The van der Waals surface area contributed by atoms with Crippen LogP contribution in [0, 0.1) is 12.3 Å².